The average Bonchev–Trinajstić information content (AvgIpc) is 3.04. The summed E-state index contributed by atoms with van der Waals surface area (Å²) < 4.78 is 27.8. The van der Waals surface area contributed by atoms with Crippen LogP contribution >= 0.6 is 11.6 Å². The molecule has 0 saturated carbocycles. The molecule has 23 heavy (non-hydrogen) atoms. The molecular formula is C14H8ClF2N5O. The van der Waals surface area contributed by atoms with Crippen LogP contribution in [0.15, 0.2) is 42.7 Å². The Morgan fingerprint density at radius 1 is 1.17 bits per heavy atom. The number of halogens is 3. The van der Waals surface area contributed by atoms with E-state index >= 15 is 0 Å². The molecular weight excluding hydrogens is 328 g/mol. The predicted molar refractivity (Wildman–Crippen MR) is 78.5 cm³/mol. The van der Waals surface area contributed by atoms with Gasteiger partial charge < -0.3 is 5.32 Å². The summed E-state index contributed by atoms with van der Waals surface area (Å²) in [4.78, 5) is 12.2. The highest BCUT2D eigenvalue weighted by molar-refractivity contribution is 6.34. The predicted octanol–water partition coefficient (Wildman–Crippen LogP) is 2.85. The molecule has 0 atom stereocenters. The van der Waals surface area contributed by atoms with Gasteiger partial charge in [-0.3, -0.25) is 4.79 Å². The molecule has 1 amide bonds. The summed E-state index contributed by atoms with van der Waals surface area (Å²) in [5.74, 6) is -2.23. The standard InChI is InChI=1S/C14H8ClF2N5O/c15-11-6-9(22-7-18-20-21-22)2-3-10(11)14(23)19-13-4-1-8(16)5-12(13)17/h1-7H,(H,19,23). The largest absolute Gasteiger partial charge is 0.319 e. The molecule has 2 aromatic carbocycles. The molecule has 9 heteroatoms. The van der Waals surface area contributed by atoms with E-state index in [-0.39, 0.29) is 16.3 Å². The molecule has 1 heterocycles. The zero-order valence-corrected chi connectivity index (χ0v) is 12.1. The Morgan fingerprint density at radius 3 is 2.65 bits per heavy atom. The van der Waals surface area contributed by atoms with Crippen molar-refractivity contribution < 1.29 is 13.6 Å². The molecule has 0 aliphatic rings. The second kappa shape index (κ2) is 6.09. The van der Waals surface area contributed by atoms with Crippen LogP contribution in [0.4, 0.5) is 14.5 Å². The minimum absolute atomic E-state index is 0.132. The number of nitrogens with one attached hydrogen (secondary N) is 1. The Kier molecular flexibility index (Phi) is 3.98. The first kappa shape index (κ1) is 15.0. The van der Waals surface area contributed by atoms with E-state index < -0.39 is 17.5 Å². The number of hydrogen-bond donors (Lipinski definition) is 1. The highest BCUT2D eigenvalue weighted by Gasteiger charge is 2.14. The summed E-state index contributed by atoms with van der Waals surface area (Å²) in [5.41, 5.74) is 0.550. The van der Waals surface area contributed by atoms with Gasteiger partial charge >= 0.3 is 0 Å². The van der Waals surface area contributed by atoms with Crippen molar-refractivity contribution in [3.63, 3.8) is 0 Å². The second-order valence-electron chi connectivity index (χ2n) is 4.50. The van der Waals surface area contributed by atoms with E-state index in [4.69, 9.17) is 11.6 Å². The lowest BCUT2D eigenvalue weighted by molar-refractivity contribution is 0.102. The number of carbonyl (C=O) groups is 1. The summed E-state index contributed by atoms with van der Waals surface area (Å²) >= 11 is 6.08. The molecule has 3 rings (SSSR count). The fraction of sp³-hybridized carbons (Fsp3) is 0. The zero-order chi connectivity index (χ0) is 16.4. The van der Waals surface area contributed by atoms with E-state index in [0.29, 0.717) is 11.8 Å². The van der Waals surface area contributed by atoms with Crippen LogP contribution in [0.5, 0.6) is 0 Å². The molecule has 0 spiro atoms. The molecule has 0 radical (unpaired) electrons. The molecule has 0 unspecified atom stereocenters. The Balaban J connectivity index is 1.85. The maximum atomic E-state index is 13.6. The van der Waals surface area contributed by atoms with Crippen LogP contribution in [-0.4, -0.2) is 26.1 Å². The van der Waals surface area contributed by atoms with Gasteiger partial charge in [0.1, 0.15) is 18.0 Å². The van der Waals surface area contributed by atoms with E-state index in [9.17, 15) is 13.6 Å². The smallest absolute Gasteiger partial charge is 0.257 e. The summed E-state index contributed by atoms with van der Waals surface area (Å²) in [6, 6.07) is 7.38. The number of amides is 1. The van der Waals surface area contributed by atoms with Crippen molar-refractivity contribution >= 4 is 23.2 Å². The molecule has 3 aromatic rings. The molecule has 6 nitrogen and oxygen atoms in total. The Bertz CT molecular complexity index is 870. The van der Waals surface area contributed by atoms with E-state index in [2.05, 4.69) is 20.8 Å². The van der Waals surface area contributed by atoms with Crippen LogP contribution < -0.4 is 5.32 Å². The van der Waals surface area contributed by atoms with Crippen molar-refractivity contribution in [3.8, 4) is 5.69 Å². The van der Waals surface area contributed by atoms with Crippen molar-refractivity contribution in [2.45, 2.75) is 0 Å². The number of hydrogen-bond acceptors (Lipinski definition) is 4. The van der Waals surface area contributed by atoms with Gasteiger partial charge in [-0.15, -0.1) is 5.10 Å². The van der Waals surface area contributed by atoms with Gasteiger partial charge in [0.25, 0.3) is 5.91 Å². The fourth-order valence-electron chi connectivity index (χ4n) is 1.89. The third-order valence-electron chi connectivity index (χ3n) is 2.99. The number of nitrogens with zero attached hydrogens (tertiary/aromatic N) is 4. The van der Waals surface area contributed by atoms with E-state index in [0.717, 1.165) is 12.1 Å². The summed E-state index contributed by atoms with van der Waals surface area (Å²) in [6.45, 7) is 0. The Labute approximate surface area is 133 Å². The van der Waals surface area contributed by atoms with Crippen LogP contribution in [0.25, 0.3) is 5.69 Å². The topological polar surface area (TPSA) is 72.7 Å². The van der Waals surface area contributed by atoms with Gasteiger partial charge in [0.15, 0.2) is 0 Å². The molecule has 0 fully saturated rings. The minimum atomic E-state index is -0.875. The molecule has 0 saturated heterocycles. The highest BCUT2D eigenvalue weighted by Crippen LogP contribution is 2.22. The zero-order valence-electron chi connectivity index (χ0n) is 11.4. The van der Waals surface area contributed by atoms with E-state index in [1.54, 1.807) is 6.07 Å². The SMILES string of the molecule is O=C(Nc1ccc(F)cc1F)c1ccc(-n2cnnn2)cc1Cl. The quantitative estimate of drug-likeness (QED) is 0.799. The second-order valence-corrected chi connectivity index (χ2v) is 4.90. The van der Waals surface area contributed by atoms with Gasteiger partial charge in [-0.25, -0.2) is 13.5 Å². The maximum absolute atomic E-state index is 13.6. The number of benzene rings is 2. The first-order valence-electron chi connectivity index (χ1n) is 6.34. The van der Waals surface area contributed by atoms with Gasteiger partial charge in [0.2, 0.25) is 0 Å². The Hall–Kier alpha value is -2.87. The average molecular weight is 336 g/mol. The lowest BCUT2D eigenvalue weighted by Crippen LogP contribution is -2.14. The van der Waals surface area contributed by atoms with Crippen LogP contribution in [0, 0.1) is 11.6 Å². The van der Waals surface area contributed by atoms with Gasteiger partial charge in [-0.2, -0.15) is 0 Å². The van der Waals surface area contributed by atoms with Gasteiger partial charge in [-0.1, -0.05) is 11.6 Å². The van der Waals surface area contributed by atoms with Crippen LogP contribution in [0.3, 0.4) is 0 Å². The lowest BCUT2D eigenvalue weighted by atomic mass is 10.2. The number of tetrazole rings is 1. The van der Waals surface area contributed by atoms with Crippen molar-refractivity contribution in [3.05, 3.63) is 64.9 Å². The van der Waals surface area contributed by atoms with Crippen molar-refractivity contribution in [2.24, 2.45) is 0 Å². The number of anilines is 1. The number of aromatic nitrogens is 4. The van der Waals surface area contributed by atoms with Gasteiger partial charge in [0, 0.05) is 6.07 Å². The monoisotopic (exact) mass is 335 g/mol. The first-order chi connectivity index (χ1) is 11.0. The molecule has 1 aromatic heterocycles. The van der Waals surface area contributed by atoms with Gasteiger partial charge in [0.05, 0.1) is 22.0 Å². The Morgan fingerprint density at radius 2 is 2.00 bits per heavy atom. The maximum Gasteiger partial charge on any atom is 0.257 e. The van der Waals surface area contributed by atoms with Crippen molar-refractivity contribution in [1.82, 2.24) is 20.2 Å². The van der Waals surface area contributed by atoms with Crippen molar-refractivity contribution in [2.75, 3.05) is 5.32 Å². The highest BCUT2D eigenvalue weighted by atomic mass is 35.5. The van der Waals surface area contributed by atoms with E-state index in [1.807, 2.05) is 0 Å². The molecule has 116 valence electrons. The lowest BCUT2D eigenvalue weighted by Gasteiger charge is -2.09. The van der Waals surface area contributed by atoms with Crippen LogP contribution in [-0.2, 0) is 0 Å². The molecule has 0 aliphatic heterocycles. The van der Waals surface area contributed by atoms with E-state index in [1.165, 1.54) is 23.1 Å². The fourth-order valence-corrected chi connectivity index (χ4v) is 2.15. The third kappa shape index (κ3) is 3.16. The summed E-state index contributed by atoms with van der Waals surface area (Å²) in [6.07, 6.45) is 1.37. The number of rotatable bonds is 3. The van der Waals surface area contributed by atoms with Crippen LogP contribution in [0.2, 0.25) is 5.02 Å². The molecule has 1 N–H and O–H groups in total. The summed E-state index contributed by atoms with van der Waals surface area (Å²) in [5, 5.41) is 13.2. The first-order valence-corrected chi connectivity index (χ1v) is 6.72. The normalized spacial score (nSPS) is 10.6. The van der Waals surface area contributed by atoms with Crippen molar-refractivity contribution in [1.29, 1.82) is 0 Å². The molecule has 0 aliphatic carbocycles. The minimum Gasteiger partial charge on any atom is -0.319 e. The summed E-state index contributed by atoms with van der Waals surface area (Å²) in [7, 11) is 0. The number of carbonyl (C=O) groups excluding carboxylic acids is 1. The van der Waals surface area contributed by atoms with Gasteiger partial charge in [-0.05, 0) is 40.8 Å². The van der Waals surface area contributed by atoms with Crippen LogP contribution in [0.1, 0.15) is 10.4 Å². The molecule has 0 bridgehead atoms. The third-order valence-corrected chi connectivity index (χ3v) is 3.30.